The number of benzene rings is 1. The van der Waals surface area contributed by atoms with E-state index in [0.717, 1.165) is 0 Å². The highest BCUT2D eigenvalue weighted by Gasteiger charge is 2.26. The summed E-state index contributed by atoms with van der Waals surface area (Å²) in [7, 11) is 0. The number of hydrogen-bond acceptors (Lipinski definition) is 7. The minimum absolute atomic E-state index is 0.00470. The Morgan fingerprint density at radius 1 is 1.00 bits per heavy atom. The molecule has 0 aliphatic carbocycles. The third-order valence-electron chi connectivity index (χ3n) is 4.43. The van der Waals surface area contributed by atoms with Crippen molar-refractivity contribution in [3.63, 3.8) is 0 Å². The number of carboxylic acid groups (broad SMARTS) is 1. The van der Waals surface area contributed by atoms with E-state index >= 15 is 0 Å². The molecule has 1 aromatic carbocycles. The van der Waals surface area contributed by atoms with Gasteiger partial charge in [-0.2, -0.15) is 0 Å². The van der Waals surface area contributed by atoms with Crippen molar-refractivity contribution in [1.29, 1.82) is 0 Å². The number of phenolic OH excluding ortho intramolecular Hbond substituents is 1. The van der Waals surface area contributed by atoms with E-state index in [1.54, 1.807) is 12.1 Å². The number of nitrogens with two attached hydrogens (primary N) is 2. The number of hydrogen-bond donors (Lipinski definition) is 7. The molecular formula is C20H31N5O6. The number of nitrogens with one attached hydrogen (secondary N) is 3. The fraction of sp³-hybridized carbons (Fsp3) is 0.500. The van der Waals surface area contributed by atoms with Gasteiger partial charge in [-0.1, -0.05) is 12.1 Å². The van der Waals surface area contributed by atoms with Gasteiger partial charge in [0.05, 0.1) is 12.6 Å². The molecule has 3 atom stereocenters. The molecule has 0 aliphatic heterocycles. The van der Waals surface area contributed by atoms with Gasteiger partial charge in [-0.15, -0.1) is 0 Å². The van der Waals surface area contributed by atoms with Crippen molar-refractivity contribution in [1.82, 2.24) is 16.0 Å². The third kappa shape index (κ3) is 9.92. The van der Waals surface area contributed by atoms with Crippen molar-refractivity contribution in [3.8, 4) is 5.75 Å². The molecule has 11 heteroatoms. The van der Waals surface area contributed by atoms with Crippen LogP contribution in [0.25, 0.3) is 0 Å². The quantitative estimate of drug-likeness (QED) is 0.182. The van der Waals surface area contributed by atoms with Crippen molar-refractivity contribution >= 4 is 23.7 Å². The van der Waals surface area contributed by atoms with Gasteiger partial charge in [-0.25, -0.2) is 4.79 Å². The Kier molecular flexibility index (Phi) is 11.0. The zero-order valence-electron chi connectivity index (χ0n) is 17.5. The zero-order valence-corrected chi connectivity index (χ0v) is 17.5. The second kappa shape index (κ2) is 13.2. The highest BCUT2D eigenvalue weighted by molar-refractivity contribution is 5.92. The van der Waals surface area contributed by atoms with Gasteiger partial charge < -0.3 is 37.6 Å². The summed E-state index contributed by atoms with van der Waals surface area (Å²) in [5.74, 6) is -2.97. The molecule has 9 N–H and O–H groups in total. The van der Waals surface area contributed by atoms with Crippen molar-refractivity contribution in [2.75, 3.05) is 13.1 Å². The minimum atomic E-state index is -1.24. The lowest BCUT2D eigenvalue weighted by molar-refractivity contribution is -0.142. The Balaban J connectivity index is 2.78. The zero-order chi connectivity index (χ0) is 23.4. The first-order chi connectivity index (χ1) is 14.6. The van der Waals surface area contributed by atoms with E-state index in [1.807, 2.05) is 0 Å². The highest BCUT2D eigenvalue weighted by atomic mass is 16.4. The van der Waals surface area contributed by atoms with Crippen LogP contribution in [0.4, 0.5) is 0 Å². The third-order valence-corrected chi connectivity index (χ3v) is 4.43. The lowest BCUT2D eigenvalue weighted by Gasteiger charge is -2.22. The maximum absolute atomic E-state index is 12.7. The van der Waals surface area contributed by atoms with Crippen LogP contribution in [-0.4, -0.2) is 65.1 Å². The number of rotatable bonds is 13. The van der Waals surface area contributed by atoms with Crippen molar-refractivity contribution in [2.45, 2.75) is 50.7 Å². The van der Waals surface area contributed by atoms with Crippen molar-refractivity contribution < 1.29 is 29.4 Å². The molecule has 3 unspecified atom stereocenters. The first-order valence-electron chi connectivity index (χ1n) is 9.97. The Labute approximate surface area is 180 Å². The first kappa shape index (κ1) is 25.9. The first-order valence-corrected chi connectivity index (χ1v) is 9.97. The molecule has 0 spiro atoms. The Hall–Kier alpha value is -3.18. The van der Waals surface area contributed by atoms with Crippen LogP contribution < -0.4 is 27.4 Å². The lowest BCUT2D eigenvalue weighted by Crippen LogP contribution is -2.54. The topological polar surface area (TPSA) is 197 Å². The standard InChI is InChI=1S/C20H31N5O6/c1-12(22)18(28)23-11-17(27)24-15(4-2-3-9-21)19(29)25-16(20(30)31)10-13-5-7-14(26)8-6-13/h5-8,12,15-16,26H,2-4,9-11,21-22H2,1H3,(H,23,28)(H,24,27)(H,25,29)(H,30,31). The molecule has 3 amide bonds. The number of carbonyl (C=O) groups excluding carboxylic acids is 3. The van der Waals surface area contributed by atoms with Gasteiger partial charge in [0.15, 0.2) is 0 Å². The van der Waals surface area contributed by atoms with Crippen LogP contribution in [0.15, 0.2) is 24.3 Å². The van der Waals surface area contributed by atoms with Gasteiger partial charge >= 0.3 is 5.97 Å². The number of carboxylic acids is 1. The molecular weight excluding hydrogens is 406 g/mol. The van der Waals surface area contributed by atoms with E-state index in [2.05, 4.69) is 16.0 Å². The monoisotopic (exact) mass is 437 g/mol. The molecule has 31 heavy (non-hydrogen) atoms. The summed E-state index contributed by atoms with van der Waals surface area (Å²) in [6.45, 7) is 1.51. The number of unbranched alkanes of at least 4 members (excludes halogenated alkanes) is 1. The van der Waals surface area contributed by atoms with Crippen LogP contribution >= 0.6 is 0 Å². The summed E-state index contributed by atoms with van der Waals surface area (Å²) in [5.41, 5.74) is 11.5. The number of aromatic hydroxyl groups is 1. The fourth-order valence-corrected chi connectivity index (χ4v) is 2.68. The van der Waals surface area contributed by atoms with Gasteiger partial charge in [-0.3, -0.25) is 14.4 Å². The average Bonchev–Trinajstić information content (AvgIpc) is 2.72. The fourth-order valence-electron chi connectivity index (χ4n) is 2.68. The van der Waals surface area contributed by atoms with Gasteiger partial charge in [0.1, 0.15) is 17.8 Å². The van der Waals surface area contributed by atoms with E-state index in [4.69, 9.17) is 11.5 Å². The summed E-state index contributed by atoms with van der Waals surface area (Å²) < 4.78 is 0. The Morgan fingerprint density at radius 2 is 1.65 bits per heavy atom. The summed E-state index contributed by atoms with van der Waals surface area (Å²) >= 11 is 0. The number of amides is 3. The highest BCUT2D eigenvalue weighted by Crippen LogP contribution is 2.12. The molecule has 0 aliphatic rings. The molecule has 0 heterocycles. The van der Waals surface area contributed by atoms with Gasteiger partial charge in [0.25, 0.3) is 0 Å². The van der Waals surface area contributed by atoms with Crippen LogP contribution in [0.3, 0.4) is 0 Å². The largest absolute Gasteiger partial charge is 0.508 e. The number of phenols is 1. The molecule has 0 saturated heterocycles. The van der Waals surface area contributed by atoms with E-state index in [0.29, 0.717) is 24.9 Å². The average molecular weight is 437 g/mol. The van der Waals surface area contributed by atoms with Gasteiger partial charge in [0, 0.05) is 6.42 Å². The Bertz CT molecular complexity index is 753. The van der Waals surface area contributed by atoms with E-state index in [-0.39, 0.29) is 25.1 Å². The van der Waals surface area contributed by atoms with Crippen molar-refractivity contribution in [3.05, 3.63) is 29.8 Å². The predicted octanol–water partition coefficient (Wildman–Crippen LogP) is -1.42. The second-order valence-electron chi connectivity index (χ2n) is 7.18. The van der Waals surface area contributed by atoms with E-state index < -0.39 is 41.8 Å². The number of aliphatic carboxylic acids is 1. The van der Waals surface area contributed by atoms with Crippen LogP contribution in [0.5, 0.6) is 5.75 Å². The molecule has 1 rings (SSSR count). The van der Waals surface area contributed by atoms with E-state index in [9.17, 15) is 29.4 Å². The molecule has 172 valence electrons. The number of carbonyl (C=O) groups is 4. The molecule has 11 nitrogen and oxygen atoms in total. The molecule has 0 saturated carbocycles. The molecule has 1 aromatic rings. The Morgan fingerprint density at radius 3 is 2.19 bits per heavy atom. The maximum Gasteiger partial charge on any atom is 0.326 e. The molecule has 0 fully saturated rings. The normalized spacial score (nSPS) is 13.5. The maximum atomic E-state index is 12.7. The summed E-state index contributed by atoms with van der Waals surface area (Å²) in [4.78, 5) is 48.0. The van der Waals surface area contributed by atoms with Crippen LogP contribution in [0, 0.1) is 0 Å². The molecule has 0 bridgehead atoms. The van der Waals surface area contributed by atoms with Crippen LogP contribution in [0.2, 0.25) is 0 Å². The summed E-state index contributed by atoms with van der Waals surface area (Å²) in [5, 5.41) is 26.1. The SMILES string of the molecule is CC(N)C(=O)NCC(=O)NC(CCCCN)C(=O)NC(Cc1ccc(O)cc1)C(=O)O. The van der Waals surface area contributed by atoms with Crippen LogP contribution in [0.1, 0.15) is 31.7 Å². The van der Waals surface area contributed by atoms with Gasteiger partial charge in [0.2, 0.25) is 17.7 Å². The lowest BCUT2D eigenvalue weighted by atomic mass is 10.0. The predicted molar refractivity (Wildman–Crippen MR) is 113 cm³/mol. The van der Waals surface area contributed by atoms with Crippen LogP contribution in [-0.2, 0) is 25.6 Å². The molecule has 0 aromatic heterocycles. The van der Waals surface area contributed by atoms with Crippen molar-refractivity contribution in [2.24, 2.45) is 11.5 Å². The molecule has 0 radical (unpaired) electrons. The van der Waals surface area contributed by atoms with Gasteiger partial charge in [-0.05, 0) is 50.4 Å². The summed E-state index contributed by atoms with van der Waals surface area (Å²) in [6, 6.07) is 2.94. The second-order valence-corrected chi connectivity index (χ2v) is 7.18. The smallest absolute Gasteiger partial charge is 0.326 e. The summed E-state index contributed by atoms with van der Waals surface area (Å²) in [6.07, 6.45) is 1.41. The minimum Gasteiger partial charge on any atom is -0.508 e. The van der Waals surface area contributed by atoms with E-state index in [1.165, 1.54) is 19.1 Å².